The van der Waals surface area contributed by atoms with Gasteiger partial charge < -0.3 is 20.8 Å². The molecule has 0 radical (unpaired) electrons. The standard InChI is InChI=1S/C11H11F3N2O4/c12-6-3-5(4-7(13)9(6)14)15-11(20)16-8(1-2-17)10(18)19/h3-4,8,17H,1-2H2,(H,18,19)(H2,15,16,20)/t8-/m1/s1. The molecular weight excluding hydrogens is 281 g/mol. The molecule has 1 rings (SSSR count). The lowest BCUT2D eigenvalue weighted by molar-refractivity contribution is -0.139. The average molecular weight is 292 g/mol. The number of aliphatic carboxylic acids is 1. The van der Waals surface area contributed by atoms with Crippen LogP contribution in [-0.4, -0.2) is 34.9 Å². The Morgan fingerprint density at radius 3 is 2.20 bits per heavy atom. The Morgan fingerprint density at radius 1 is 1.20 bits per heavy atom. The minimum absolute atomic E-state index is 0.241. The molecule has 0 saturated carbocycles. The van der Waals surface area contributed by atoms with Gasteiger partial charge in [-0.15, -0.1) is 0 Å². The third-order valence-corrected chi connectivity index (χ3v) is 2.26. The van der Waals surface area contributed by atoms with Gasteiger partial charge >= 0.3 is 12.0 Å². The molecule has 9 heteroatoms. The van der Waals surface area contributed by atoms with Gasteiger partial charge in [0.2, 0.25) is 0 Å². The number of nitrogens with one attached hydrogen (secondary N) is 2. The zero-order valence-electron chi connectivity index (χ0n) is 9.99. The van der Waals surface area contributed by atoms with Crippen molar-refractivity contribution in [2.75, 3.05) is 11.9 Å². The second-order valence-corrected chi connectivity index (χ2v) is 3.76. The van der Waals surface area contributed by atoms with E-state index in [-0.39, 0.29) is 12.1 Å². The molecule has 0 unspecified atom stereocenters. The van der Waals surface area contributed by atoms with Crippen LogP contribution >= 0.6 is 0 Å². The van der Waals surface area contributed by atoms with Gasteiger partial charge in [-0.3, -0.25) is 0 Å². The van der Waals surface area contributed by atoms with Crippen molar-refractivity contribution in [3.63, 3.8) is 0 Å². The Bertz CT molecular complexity index is 501. The van der Waals surface area contributed by atoms with Crippen LogP contribution in [0.15, 0.2) is 12.1 Å². The summed E-state index contributed by atoms with van der Waals surface area (Å²) in [6.07, 6.45) is -0.241. The molecule has 4 N–H and O–H groups in total. The summed E-state index contributed by atoms with van der Waals surface area (Å²) >= 11 is 0. The van der Waals surface area contributed by atoms with Crippen LogP contribution in [-0.2, 0) is 4.79 Å². The third kappa shape index (κ3) is 4.12. The lowest BCUT2D eigenvalue weighted by Gasteiger charge is -2.14. The fourth-order valence-electron chi connectivity index (χ4n) is 1.34. The molecule has 2 amide bonds. The van der Waals surface area contributed by atoms with Gasteiger partial charge in [0.05, 0.1) is 0 Å². The molecule has 0 bridgehead atoms. The molecule has 6 nitrogen and oxygen atoms in total. The summed E-state index contributed by atoms with van der Waals surface area (Å²) < 4.78 is 38.5. The number of aliphatic hydroxyl groups excluding tert-OH is 1. The fraction of sp³-hybridized carbons (Fsp3) is 0.273. The number of carbonyl (C=O) groups is 2. The van der Waals surface area contributed by atoms with Crippen molar-refractivity contribution in [3.05, 3.63) is 29.6 Å². The highest BCUT2D eigenvalue weighted by Gasteiger charge is 2.19. The molecule has 1 atom stereocenters. The third-order valence-electron chi connectivity index (χ3n) is 2.26. The van der Waals surface area contributed by atoms with Gasteiger partial charge in [0, 0.05) is 30.8 Å². The smallest absolute Gasteiger partial charge is 0.326 e. The van der Waals surface area contributed by atoms with E-state index < -0.39 is 42.1 Å². The van der Waals surface area contributed by atoms with E-state index in [0.29, 0.717) is 12.1 Å². The maximum atomic E-state index is 12.9. The van der Waals surface area contributed by atoms with Crippen molar-refractivity contribution >= 4 is 17.7 Å². The Labute approximate surface area is 111 Å². The van der Waals surface area contributed by atoms with Crippen molar-refractivity contribution in [1.82, 2.24) is 5.32 Å². The molecule has 0 heterocycles. The van der Waals surface area contributed by atoms with Crippen molar-refractivity contribution in [2.24, 2.45) is 0 Å². The Hall–Kier alpha value is -2.29. The molecule has 0 aliphatic heterocycles. The monoisotopic (exact) mass is 292 g/mol. The van der Waals surface area contributed by atoms with E-state index in [1.54, 1.807) is 0 Å². The minimum atomic E-state index is -1.68. The maximum Gasteiger partial charge on any atom is 0.326 e. The van der Waals surface area contributed by atoms with Crippen molar-refractivity contribution in [2.45, 2.75) is 12.5 Å². The van der Waals surface area contributed by atoms with Crippen LogP contribution in [0.25, 0.3) is 0 Å². The zero-order valence-corrected chi connectivity index (χ0v) is 9.99. The molecule has 0 fully saturated rings. The van der Waals surface area contributed by atoms with Crippen molar-refractivity contribution < 1.29 is 33.0 Å². The highest BCUT2D eigenvalue weighted by atomic mass is 19.2. The molecule has 110 valence electrons. The number of rotatable bonds is 5. The largest absolute Gasteiger partial charge is 0.480 e. The topological polar surface area (TPSA) is 98.7 Å². The van der Waals surface area contributed by atoms with E-state index in [1.165, 1.54) is 0 Å². The van der Waals surface area contributed by atoms with Crippen LogP contribution in [0.5, 0.6) is 0 Å². The quantitative estimate of drug-likeness (QED) is 0.610. The number of hydrogen-bond donors (Lipinski definition) is 4. The Morgan fingerprint density at radius 2 is 1.75 bits per heavy atom. The number of benzene rings is 1. The average Bonchev–Trinajstić information content (AvgIpc) is 2.35. The zero-order chi connectivity index (χ0) is 15.3. The molecule has 0 spiro atoms. The summed E-state index contributed by atoms with van der Waals surface area (Å²) in [7, 11) is 0. The summed E-state index contributed by atoms with van der Waals surface area (Å²) in [6.45, 7) is -0.475. The van der Waals surface area contributed by atoms with Gasteiger partial charge in [-0.25, -0.2) is 22.8 Å². The predicted octanol–water partition coefficient (Wildman–Crippen LogP) is 1.06. The fourth-order valence-corrected chi connectivity index (χ4v) is 1.34. The maximum absolute atomic E-state index is 12.9. The number of carbonyl (C=O) groups excluding carboxylic acids is 1. The highest BCUT2D eigenvalue weighted by molar-refractivity contribution is 5.92. The minimum Gasteiger partial charge on any atom is -0.480 e. The number of aliphatic hydroxyl groups is 1. The summed E-state index contributed by atoms with van der Waals surface area (Å²) in [6, 6.07) is -1.34. The lowest BCUT2D eigenvalue weighted by atomic mass is 10.2. The first-order valence-electron chi connectivity index (χ1n) is 5.41. The van der Waals surface area contributed by atoms with Crippen LogP contribution in [0.3, 0.4) is 0 Å². The highest BCUT2D eigenvalue weighted by Crippen LogP contribution is 2.17. The first kappa shape index (κ1) is 15.8. The molecule has 0 aromatic heterocycles. The molecule has 0 saturated heterocycles. The van der Waals surface area contributed by atoms with Crippen LogP contribution in [0, 0.1) is 17.5 Å². The van der Waals surface area contributed by atoms with Gasteiger partial charge in [0.1, 0.15) is 6.04 Å². The summed E-state index contributed by atoms with van der Waals surface area (Å²) in [5, 5.41) is 21.3. The van der Waals surface area contributed by atoms with Crippen LogP contribution < -0.4 is 10.6 Å². The van der Waals surface area contributed by atoms with E-state index in [1.807, 2.05) is 10.6 Å². The van der Waals surface area contributed by atoms with Crippen LogP contribution in [0.1, 0.15) is 6.42 Å². The number of halogens is 3. The number of carboxylic acid groups (broad SMARTS) is 1. The number of carboxylic acids is 1. The van der Waals surface area contributed by atoms with Crippen molar-refractivity contribution in [1.29, 1.82) is 0 Å². The van der Waals surface area contributed by atoms with E-state index in [9.17, 15) is 22.8 Å². The van der Waals surface area contributed by atoms with Gasteiger partial charge in [0.25, 0.3) is 0 Å². The SMILES string of the molecule is O=C(Nc1cc(F)c(F)c(F)c1)N[C@H](CCO)C(=O)O. The molecule has 1 aromatic rings. The first-order valence-corrected chi connectivity index (χ1v) is 5.41. The van der Waals surface area contributed by atoms with Crippen LogP contribution in [0.2, 0.25) is 0 Å². The van der Waals surface area contributed by atoms with E-state index >= 15 is 0 Å². The molecule has 1 aromatic carbocycles. The summed E-state index contributed by atoms with van der Waals surface area (Å²) in [5.41, 5.74) is -0.382. The Balaban J connectivity index is 2.73. The second kappa shape index (κ2) is 6.75. The van der Waals surface area contributed by atoms with Crippen LogP contribution in [0.4, 0.5) is 23.7 Å². The second-order valence-electron chi connectivity index (χ2n) is 3.76. The summed E-state index contributed by atoms with van der Waals surface area (Å²) in [5.74, 6) is -6.05. The van der Waals surface area contributed by atoms with E-state index in [0.717, 1.165) is 0 Å². The normalized spacial score (nSPS) is 11.8. The van der Waals surface area contributed by atoms with Gasteiger partial charge in [-0.1, -0.05) is 0 Å². The van der Waals surface area contributed by atoms with Crippen molar-refractivity contribution in [3.8, 4) is 0 Å². The van der Waals surface area contributed by atoms with E-state index in [4.69, 9.17) is 10.2 Å². The predicted molar refractivity (Wildman–Crippen MR) is 61.6 cm³/mol. The molecule has 20 heavy (non-hydrogen) atoms. The molecule has 0 aliphatic carbocycles. The lowest BCUT2D eigenvalue weighted by Crippen LogP contribution is -2.43. The molecule has 0 aliphatic rings. The van der Waals surface area contributed by atoms with Gasteiger partial charge in [-0.2, -0.15) is 0 Å². The number of urea groups is 1. The number of hydrogen-bond acceptors (Lipinski definition) is 3. The molecular formula is C11H11F3N2O4. The van der Waals surface area contributed by atoms with E-state index in [2.05, 4.69) is 0 Å². The van der Waals surface area contributed by atoms with Gasteiger partial charge in [0.15, 0.2) is 17.5 Å². The summed E-state index contributed by atoms with van der Waals surface area (Å²) in [4.78, 5) is 22.1. The number of anilines is 1. The first-order chi connectivity index (χ1) is 9.35. The Kier molecular flexibility index (Phi) is 5.32. The number of amides is 2. The van der Waals surface area contributed by atoms with Gasteiger partial charge in [-0.05, 0) is 0 Å².